The van der Waals surface area contributed by atoms with Crippen molar-refractivity contribution in [2.24, 2.45) is 0 Å². The van der Waals surface area contributed by atoms with Gasteiger partial charge >= 0.3 is 5.69 Å². The number of fused-ring (bicyclic) bond motifs is 1. The van der Waals surface area contributed by atoms with Gasteiger partial charge in [-0.1, -0.05) is 24.3 Å². The molecule has 1 amide bonds. The van der Waals surface area contributed by atoms with Crippen LogP contribution in [-0.4, -0.2) is 38.1 Å². The van der Waals surface area contributed by atoms with E-state index in [-0.39, 0.29) is 29.6 Å². The Hall–Kier alpha value is -4.14. The number of H-pyrrole nitrogens is 1. The maximum atomic E-state index is 12.6. The van der Waals surface area contributed by atoms with Crippen molar-refractivity contribution in [2.45, 2.75) is 6.54 Å². The Bertz CT molecular complexity index is 1240. The zero-order valence-electron chi connectivity index (χ0n) is 15.4. The fourth-order valence-corrected chi connectivity index (χ4v) is 3.02. The normalized spacial score (nSPS) is 10.8. The van der Waals surface area contributed by atoms with Gasteiger partial charge in [-0.25, -0.2) is 14.8 Å². The molecule has 2 aromatic carbocycles. The van der Waals surface area contributed by atoms with Crippen molar-refractivity contribution in [1.29, 1.82) is 0 Å². The Morgan fingerprint density at radius 1 is 1.21 bits per heavy atom. The first-order valence-electron chi connectivity index (χ1n) is 8.72. The van der Waals surface area contributed by atoms with Gasteiger partial charge in [0.2, 0.25) is 6.41 Å². The van der Waals surface area contributed by atoms with E-state index < -0.39 is 0 Å². The number of anilines is 1. The lowest BCUT2D eigenvalue weighted by Crippen LogP contribution is -2.17. The molecule has 0 aliphatic rings. The van der Waals surface area contributed by atoms with Crippen LogP contribution in [-0.2, 0) is 11.3 Å². The lowest BCUT2D eigenvalue weighted by atomic mass is 10.2. The molecule has 0 unspecified atom stereocenters. The summed E-state index contributed by atoms with van der Waals surface area (Å²) in [4.78, 5) is 35.2. The molecule has 0 aliphatic heterocycles. The molecule has 0 radical (unpaired) electrons. The second kappa shape index (κ2) is 7.47. The molecule has 0 saturated heterocycles. The first-order valence-corrected chi connectivity index (χ1v) is 8.72. The maximum absolute atomic E-state index is 12.6. The summed E-state index contributed by atoms with van der Waals surface area (Å²) in [6.45, 7) is 0.264. The molecule has 29 heavy (non-hydrogen) atoms. The van der Waals surface area contributed by atoms with Crippen LogP contribution in [0.3, 0.4) is 0 Å². The molecule has 0 aliphatic carbocycles. The van der Waals surface area contributed by atoms with Crippen LogP contribution >= 0.6 is 0 Å². The van der Waals surface area contributed by atoms with E-state index in [1.54, 1.807) is 19.2 Å². The van der Waals surface area contributed by atoms with Gasteiger partial charge in [0.05, 0.1) is 13.7 Å². The van der Waals surface area contributed by atoms with Crippen molar-refractivity contribution >= 4 is 23.4 Å². The van der Waals surface area contributed by atoms with Gasteiger partial charge in [-0.15, -0.1) is 0 Å². The first-order chi connectivity index (χ1) is 14.1. The SMILES string of the molecule is COc1ccc(Cn2c(=O)[nH]c3c(NC=O)nc(-c4cccc(O)c4)nc32)cc1. The average molecular weight is 391 g/mol. The van der Waals surface area contributed by atoms with E-state index >= 15 is 0 Å². The van der Waals surface area contributed by atoms with Gasteiger partial charge < -0.3 is 20.1 Å². The quantitative estimate of drug-likeness (QED) is 0.433. The predicted octanol–water partition coefficient (Wildman–Crippen LogP) is 2.12. The van der Waals surface area contributed by atoms with Gasteiger partial charge in [0.25, 0.3) is 0 Å². The molecule has 0 atom stereocenters. The Kier molecular flexibility index (Phi) is 4.70. The molecule has 0 spiro atoms. The number of imidazole rings is 1. The number of carbonyl (C=O) groups excluding carboxylic acids is 1. The number of aromatic amines is 1. The number of hydrogen-bond donors (Lipinski definition) is 3. The maximum Gasteiger partial charge on any atom is 0.328 e. The Morgan fingerprint density at radius 2 is 2.00 bits per heavy atom. The standard InChI is InChI=1S/C20H17N5O4/c1-29-15-7-5-12(6-8-15)10-25-19-16(22-20(25)28)18(21-11-26)23-17(24-19)13-3-2-4-14(27)9-13/h2-9,11,27H,10H2,1H3,(H,22,28)(H,21,23,24,26). The number of nitrogens with one attached hydrogen (secondary N) is 2. The highest BCUT2D eigenvalue weighted by molar-refractivity contribution is 5.90. The Morgan fingerprint density at radius 3 is 2.69 bits per heavy atom. The third-order valence-corrected chi connectivity index (χ3v) is 4.42. The molecule has 0 bridgehead atoms. The van der Waals surface area contributed by atoms with Crippen LogP contribution in [0.25, 0.3) is 22.6 Å². The minimum Gasteiger partial charge on any atom is -0.508 e. The molecule has 2 heterocycles. The van der Waals surface area contributed by atoms with Crippen LogP contribution in [0, 0.1) is 0 Å². The predicted molar refractivity (Wildman–Crippen MR) is 107 cm³/mol. The zero-order chi connectivity index (χ0) is 20.4. The van der Waals surface area contributed by atoms with E-state index in [0.717, 1.165) is 5.56 Å². The molecule has 4 rings (SSSR count). The molecule has 2 aromatic heterocycles. The van der Waals surface area contributed by atoms with E-state index in [1.165, 1.54) is 16.7 Å². The summed E-state index contributed by atoms with van der Waals surface area (Å²) >= 11 is 0. The fraction of sp³-hybridized carbons (Fsp3) is 0.100. The summed E-state index contributed by atoms with van der Waals surface area (Å²) in [7, 11) is 1.58. The van der Waals surface area contributed by atoms with Crippen molar-refractivity contribution in [3.8, 4) is 22.9 Å². The van der Waals surface area contributed by atoms with Crippen molar-refractivity contribution in [1.82, 2.24) is 19.5 Å². The van der Waals surface area contributed by atoms with Gasteiger partial charge in [0.15, 0.2) is 17.3 Å². The van der Waals surface area contributed by atoms with Gasteiger partial charge in [-0.05, 0) is 29.8 Å². The van der Waals surface area contributed by atoms with E-state index in [0.29, 0.717) is 28.9 Å². The molecular weight excluding hydrogens is 374 g/mol. The molecule has 146 valence electrons. The Labute approximate surface area is 164 Å². The largest absolute Gasteiger partial charge is 0.508 e. The van der Waals surface area contributed by atoms with Gasteiger partial charge in [0, 0.05) is 5.56 Å². The average Bonchev–Trinajstić information content (AvgIpc) is 3.04. The smallest absolute Gasteiger partial charge is 0.328 e. The van der Waals surface area contributed by atoms with Crippen molar-refractivity contribution < 1.29 is 14.6 Å². The van der Waals surface area contributed by atoms with Gasteiger partial charge in [-0.2, -0.15) is 0 Å². The summed E-state index contributed by atoms with van der Waals surface area (Å²) in [5.74, 6) is 1.21. The minimum atomic E-state index is -0.382. The number of rotatable bonds is 6. The summed E-state index contributed by atoms with van der Waals surface area (Å²) in [6, 6.07) is 13.7. The highest BCUT2D eigenvalue weighted by Crippen LogP contribution is 2.25. The number of carbonyl (C=O) groups is 1. The van der Waals surface area contributed by atoms with Crippen LogP contribution in [0.5, 0.6) is 11.5 Å². The zero-order valence-corrected chi connectivity index (χ0v) is 15.4. The monoisotopic (exact) mass is 391 g/mol. The molecule has 3 N–H and O–H groups in total. The number of benzene rings is 2. The summed E-state index contributed by atoms with van der Waals surface area (Å²) < 4.78 is 6.62. The van der Waals surface area contributed by atoms with Crippen molar-refractivity contribution in [3.63, 3.8) is 0 Å². The van der Waals surface area contributed by atoms with E-state index in [4.69, 9.17) is 4.74 Å². The number of ether oxygens (including phenoxy) is 1. The molecule has 9 heteroatoms. The topological polar surface area (TPSA) is 122 Å². The van der Waals surface area contributed by atoms with Crippen LogP contribution in [0.15, 0.2) is 53.3 Å². The molecule has 0 saturated carbocycles. The van der Waals surface area contributed by atoms with Gasteiger partial charge in [0.1, 0.15) is 17.0 Å². The van der Waals surface area contributed by atoms with E-state index in [1.807, 2.05) is 24.3 Å². The lowest BCUT2D eigenvalue weighted by Gasteiger charge is -2.08. The number of phenolic OH excluding ortho intramolecular Hbond substituents is 1. The first kappa shape index (κ1) is 18.2. The van der Waals surface area contributed by atoms with Crippen LogP contribution < -0.4 is 15.7 Å². The van der Waals surface area contributed by atoms with Crippen molar-refractivity contribution in [2.75, 3.05) is 12.4 Å². The minimum absolute atomic E-state index is 0.0563. The van der Waals surface area contributed by atoms with E-state index in [2.05, 4.69) is 20.3 Å². The number of methoxy groups -OCH3 is 1. The number of nitrogens with zero attached hydrogens (tertiary/aromatic N) is 3. The number of aromatic hydroxyl groups is 1. The van der Waals surface area contributed by atoms with E-state index in [9.17, 15) is 14.7 Å². The van der Waals surface area contributed by atoms with Crippen molar-refractivity contribution in [3.05, 3.63) is 64.6 Å². The lowest BCUT2D eigenvalue weighted by molar-refractivity contribution is -0.105. The number of amides is 1. The number of hydrogen-bond acceptors (Lipinski definition) is 6. The summed E-state index contributed by atoms with van der Waals surface area (Å²) in [5.41, 5.74) is 1.69. The van der Waals surface area contributed by atoms with Crippen LogP contribution in [0.1, 0.15) is 5.56 Å². The van der Waals surface area contributed by atoms with Crippen LogP contribution in [0.2, 0.25) is 0 Å². The van der Waals surface area contributed by atoms with Gasteiger partial charge in [-0.3, -0.25) is 9.36 Å². The highest BCUT2D eigenvalue weighted by Gasteiger charge is 2.17. The summed E-state index contributed by atoms with van der Waals surface area (Å²) in [5, 5.41) is 12.3. The molecule has 0 fully saturated rings. The molecule has 4 aromatic rings. The third-order valence-electron chi connectivity index (χ3n) is 4.42. The molecular formula is C20H17N5O4. The fourth-order valence-electron chi connectivity index (χ4n) is 3.02. The number of phenols is 1. The van der Waals surface area contributed by atoms with Crippen LogP contribution in [0.4, 0.5) is 5.82 Å². The Balaban J connectivity index is 1.86. The summed E-state index contributed by atoms with van der Waals surface area (Å²) in [6.07, 6.45) is 0.479. The second-order valence-electron chi connectivity index (χ2n) is 6.27. The molecule has 9 nitrogen and oxygen atoms in total. The third kappa shape index (κ3) is 3.53. The second-order valence-corrected chi connectivity index (χ2v) is 6.27. The highest BCUT2D eigenvalue weighted by atomic mass is 16.5. The number of aromatic nitrogens is 4.